The quantitative estimate of drug-likeness (QED) is 0.486. The Bertz CT molecular complexity index is 483. The molecule has 2 heterocycles. The van der Waals surface area contributed by atoms with Gasteiger partial charge < -0.3 is 20.3 Å². The highest BCUT2D eigenvalue weighted by atomic mass is 16.5. The third kappa shape index (κ3) is 9.26. The van der Waals surface area contributed by atoms with Crippen molar-refractivity contribution in [2.24, 2.45) is 9.98 Å². The molecular weight excluding hydrogens is 350 g/mol. The molecule has 162 valence electrons. The molecule has 0 aromatic carbocycles. The maximum atomic E-state index is 5.44. The van der Waals surface area contributed by atoms with Crippen LogP contribution in [-0.2, 0) is 4.74 Å². The predicted molar refractivity (Wildman–Crippen MR) is 119 cm³/mol. The molecule has 2 aliphatic rings. The maximum Gasteiger partial charge on any atom is 0.226 e. The Morgan fingerprint density at radius 1 is 0.929 bits per heavy atom. The van der Waals surface area contributed by atoms with Gasteiger partial charge in [0.1, 0.15) is 5.66 Å². The number of hydrogen-bond donors (Lipinski definition) is 2. The van der Waals surface area contributed by atoms with Gasteiger partial charge in [0.05, 0.1) is 13.2 Å². The van der Waals surface area contributed by atoms with Crippen LogP contribution in [0.25, 0.3) is 0 Å². The molecule has 0 aromatic rings. The van der Waals surface area contributed by atoms with Crippen LogP contribution in [0.5, 0.6) is 0 Å². The third-order valence-corrected chi connectivity index (χ3v) is 5.38. The molecule has 2 N–H and O–H groups in total. The van der Waals surface area contributed by atoms with Crippen LogP contribution in [0.2, 0.25) is 0 Å². The number of guanidine groups is 2. The number of nitrogens with zero attached hydrogens (tertiary/aromatic N) is 3. The summed E-state index contributed by atoms with van der Waals surface area (Å²) in [5, 5.41) is 6.87. The average molecular weight is 394 g/mol. The normalized spacial score (nSPS) is 19.0. The van der Waals surface area contributed by atoms with Gasteiger partial charge in [-0.15, -0.1) is 0 Å². The fraction of sp³-hybridized carbons (Fsp3) is 0.909. The van der Waals surface area contributed by atoms with E-state index in [1.807, 2.05) is 0 Å². The summed E-state index contributed by atoms with van der Waals surface area (Å²) in [5.74, 6) is 1.68. The lowest BCUT2D eigenvalue weighted by Gasteiger charge is -2.34. The molecule has 0 aliphatic carbocycles. The van der Waals surface area contributed by atoms with Gasteiger partial charge in [0, 0.05) is 19.6 Å². The second-order valence-corrected chi connectivity index (χ2v) is 8.62. The lowest BCUT2D eigenvalue weighted by atomic mass is 10.1. The SMILES string of the molecule is CCCCCCCCCCCCCNC1=NC(N2CCOCC2)=NC(C)(C)N1. The summed E-state index contributed by atoms with van der Waals surface area (Å²) >= 11 is 0. The van der Waals surface area contributed by atoms with Crippen LogP contribution in [0.3, 0.4) is 0 Å². The summed E-state index contributed by atoms with van der Waals surface area (Å²) in [6.07, 6.45) is 15.1. The minimum Gasteiger partial charge on any atom is -0.378 e. The number of morpholine rings is 1. The lowest BCUT2D eigenvalue weighted by Crippen LogP contribution is -2.54. The number of hydrogen-bond acceptors (Lipinski definition) is 6. The molecule has 0 spiro atoms. The van der Waals surface area contributed by atoms with Crippen molar-refractivity contribution in [2.75, 3.05) is 32.8 Å². The summed E-state index contributed by atoms with van der Waals surface area (Å²) in [4.78, 5) is 11.7. The molecule has 0 bridgehead atoms. The van der Waals surface area contributed by atoms with Crippen molar-refractivity contribution in [3.63, 3.8) is 0 Å². The van der Waals surface area contributed by atoms with Crippen LogP contribution in [0.1, 0.15) is 91.4 Å². The molecule has 1 saturated heterocycles. The highest BCUT2D eigenvalue weighted by Gasteiger charge is 2.27. The number of aliphatic imine (C=N–C) groups is 2. The Labute approximate surface area is 172 Å². The topological polar surface area (TPSA) is 61.2 Å². The van der Waals surface area contributed by atoms with Crippen molar-refractivity contribution in [3.8, 4) is 0 Å². The zero-order valence-electron chi connectivity index (χ0n) is 18.6. The first-order chi connectivity index (χ1) is 13.6. The van der Waals surface area contributed by atoms with Gasteiger partial charge >= 0.3 is 0 Å². The molecule has 2 rings (SSSR count). The van der Waals surface area contributed by atoms with E-state index in [1.54, 1.807) is 0 Å². The molecule has 0 aromatic heterocycles. The van der Waals surface area contributed by atoms with E-state index in [0.29, 0.717) is 0 Å². The highest BCUT2D eigenvalue weighted by Crippen LogP contribution is 2.13. The average Bonchev–Trinajstić information content (AvgIpc) is 2.68. The first-order valence-corrected chi connectivity index (χ1v) is 11.6. The zero-order valence-corrected chi connectivity index (χ0v) is 18.6. The molecule has 1 fully saturated rings. The van der Waals surface area contributed by atoms with E-state index in [9.17, 15) is 0 Å². The summed E-state index contributed by atoms with van der Waals surface area (Å²) in [6.45, 7) is 10.7. The van der Waals surface area contributed by atoms with Gasteiger partial charge in [-0.25, -0.2) is 4.99 Å². The predicted octanol–water partition coefficient (Wildman–Crippen LogP) is 4.27. The molecule has 2 aliphatic heterocycles. The molecule has 0 unspecified atom stereocenters. The van der Waals surface area contributed by atoms with Crippen LogP contribution >= 0.6 is 0 Å². The molecule has 0 saturated carbocycles. The van der Waals surface area contributed by atoms with Gasteiger partial charge in [0.2, 0.25) is 11.9 Å². The number of ether oxygens (including phenoxy) is 1. The van der Waals surface area contributed by atoms with Crippen LogP contribution in [-0.4, -0.2) is 55.3 Å². The van der Waals surface area contributed by atoms with Crippen molar-refractivity contribution in [1.29, 1.82) is 0 Å². The second-order valence-electron chi connectivity index (χ2n) is 8.62. The Kier molecular flexibility index (Phi) is 10.7. The van der Waals surface area contributed by atoms with E-state index in [1.165, 1.54) is 70.6 Å². The van der Waals surface area contributed by atoms with Crippen LogP contribution in [0, 0.1) is 0 Å². The Morgan fingerprint density at radius 3 is 2.11 bits per heavy atom. The van der Waals surface area contributed by atoms with Gasteiger partial charge in [0.15, 0.2) is 0 Å². The van der Waals surface area contributed by atoms with Gasteiger partial charge in [-0.05, 0) is 20.3 Å². The number of nitrogens with one attached hydrogen (secondary N) is 2. The van der Waals surface area contributed by atoms with Crippen LogP contribution < -0.4 is 10.6 Å². The smallest absolute Gasteiger partial charge is 0.226 e. The van der Waals surface area contributed by atoms with E-state index in [2.05, 4.69) is 36.3 Å². The largest absolute Gasteiger partial charge is 0.378 e. The first kappa shape index (κ1) is 23.0. The molecule has 0 radical (unpaired) electrons. The molecular formula is C22H43N5O. The Hall–Kier alpha value is -1.30. The summed E-state index contributed by atoms with van der Waals surface area (Å²) in [6, 6.07) is 0. The van der Waals surface area contributed by atoms with Crippen molar-refractivity contribution in [1.82, 2.24) is 15.5 Å². The van der Waals surface area contributed by atoms with E-state index in [-0.39, 0.29) is 5.66 Å². The summed E-state index contributed by atoms with van der Waals surface area (Å²) in [5.41, 5.74) is -0.325. The molecule has 6 heteroatoms. The first-order valence-electron chi connectivity index (χ1n) is 11.6. The minimum absolute atomic E-state index is 0.325. The van der Waals surface area contributed by atoms with E-state index in [0.717, 1.165) is 44.8 Å². The fourth-order valence-electron chi connectivity index (χ4n) is 3.71. The van der Waals surface area contributed by atoms with Crippen LogP contribution in [0.4, 0.5) is 0 Å². The fourth-order valence-corrected chi connectivity index (χ4v) is 3.71. The zero-order chi connectivity index (χ0) is 20.1. The second kappa shape index (κ2) is 13.0. The molecule has 0 amide bonds. The minimum atomic E-state index is -0.325. The van der Waals surface area contributed by atoms with Gasteiger partial charge in [0.25, 0.3) is 0 Å². The number of rotatable bonds is 12. The molecule has 0 atom stereocenters. The van der Waals surface area contributed by atoms with E-state index in [4.69, 9.17) is 14.7 Å². The van der Waals surface area contributed by atoms with Gasteiger partial charge in [-0.3, -0.25) is 0 Å². The number of unbranched alkanes of at least 4 members (excludes halogenated alkanes) is 10. The molecule has 28 heavy (non-hydrogen) atoms. The third-order valence-electron chi connectivity index (χ3n) is 5.38. The Morgan fingerprint density at radius 2 is 1.50 bits per heavy atom. The highest BCUT2D eigenvalue weighted by molar-refractivity contribution is 5.97. The van der Waals surface area contributed by atoms with Crippen molar-refractivity contribution < 1.29 is 4.74 Å². The summed E-state index contributed by atoms with van der Waals surface area (Å²) in [7, 11) is 0. The summed E-state index contributed by atoms with van der Waals surface area (Å²) < 4.78 is 5.44. The lowest BCUT2D eigenvalue weighted by molar-refractivity contribution is 0.0669. The van der Waals surface area contributed by atoms with E-state index >= 15 is 0 Å². The standard InChI is InChI=1S/C22H43N5O/c1-4-5-6-7-8-9-10-11-12-13-14-15-23-20-24-21(26-22(2,3)25-20)27-16-18-28-19-17-27/h4-19H2,1-3H3,(H2,23,24,25,26). The van der Waals surface area contributed by atoms with Gasteiger partial charge in [-0.1, -0.05) is 71.1 Å². The van der Waals surface area contributed by atoms with Crippen molar-refractivity contribution >= 4 is 11.9 Å². The Balaban J connectivity index is 1.55. The van der Waals surface area contributed by atoms with Crippen LogP contribution in [0.15, 0.2) is 9.98 Å². The molecule has 6 nitrogen and oxygen atoms in total. The monoisotopic (exact) mass is 393 g/mol. The van der Waals surface area contributed by atoms with Crippen molar-refractivity contribution in [2.45, 2.75) is 97.1 Å². The van der Waals surface area contributed by atoms with Gasteiger partial charge in [-0.2, -0.15) is 4.99 Å². The maximum absolute atomic E-state index is 5.44. The van der Waals surface area contributed by atoms with E-state index < -0.39 is 0 Å². The van der Waals surface area contributed by atoms with Crippen molar-refractivity contribution in [3.05, 3.63) is 0 Å².